The van der Waals surface area contributed by atoms with Gasteiger partial charge in [0.2, 0.25) is 0 Å². The number of benzene rings is 1. The van der Waals surface area contributed by atoms with E-state index in [1.807, 2.05) is 19.2 Å². The summed E-state index contributed by atoms with van der Waals surface area (Å²) in [6.45, 7) is 4.21. The number of hydrogen-bond acceptors (Lipinski definition) is 2. The third-order valence-corrected chi connectivity index (χ3v) is 6.11. The van der Waals surface area contributed by atoms with Gasteiger partial charge in [-0.15, -0.1) is 0 Å². The van der Waals surface area contributed by atoms with Gasteiger partial charge in [0, 0.05) is 23.2 Å². The number of amides is 1. The summed E-state index contributed by atoms with van der Waals surface area (Å²) in [5, 5.41) is 3.96. The molecular weight excluding hydrogens is 310 g/mol. The van der Waals surface area contributed by atoms with Crippen molar-refractivity contribution in [2.45, 2.75) is 69.4 Å². The average Bonchev–Trinajstić information content (AvgIpc) is 2.56. The fraction of sp³-hybridized carbons (Fsp3) is 0.632. The third-order valence-electron chi connectivity index (χ3n) is 5.87. The van der Waals surface area contributed by atoms with Crippen molar-refractivity contribution < 1.29 is 9.53 Å². The maximum absolute atomic E-state index is 12.9. The van der Waals surface area contributed by atoms with Gasteiger partial charge in [-0.1, -0.05) is 31.5 Å². The summed E-state index contributed by atoms with van der Waals surface area (Å²) in [4.78, 5) is 12.9. The standard InChI is InChI=1S/C19H26ClNO2/c1-13(2)15-5-4-14(20)12-16(15)17(22)21-18-6-9-19(23-3,10-7-18)11-8-18/h4-5,12-13H,6-11H2,1-3H3,(H,21,22). The van der Waals surface area contributed by atoms with E-state index in [1.54, 1.807) is 6.07 Å². The Labute approximate surface area is 143 Å². The molecule has 126 valence electrons. The van der Waals surface area contributed by atoms with E-state index in [0.29, 0.717) is 10.9 Å². The van der Waals surface area contributed by atoms with E-state index < -0.39 is 0 Å². The van der Waals surface area contributed by atoms with Gasteiger partial charge in [0.05, 0.1) is 5.60 Å². The molecule has 0 unspecified atom stereocenters. The van der Waals surface area contributed by atoms with Crippen LogP contribution in [0.4, 0.5) is 0 Å². The van der Waals surface area contributed by atoms with Gasteiger partial charge >= 0.3 is 0 Å². The zero-order valence-electron chi connectivity index (χ0n) is 14.2. The van der Waals surface area contributed by atoms with E-state index in [0.717, 1.165) is 49.7 Å². The van der Waals surface area contributed by atoms with Gasteiger partial charge in [-0.05, 0) is 62.1 Å². The second kappa shape index (κ2) is 6.10. The van der Waals surface area contributed by atoms with Crippen LogP contribution in [0.1, 0.15) is 74.2 Å². The summed E-state index contributed by atoms with van der Waals surface area (Å²) in [5.41, 5.74) is 1.77. The maximum Gasteiger partial charge on any atom is 0.252 e. The van der Waals surface area contributed by atoms with Crippen LogP contribution in [0, 0.1) is 0 Å². The molecule has 3 nitrogen and oxygen atoms in total. The molecule has 3 aliphatic rings. The van der Waals surface area contributed by atoms with Crippen LogP contribution in [0.15, 0.2) is 18.2 Å². The van der Waals surface area contributed by atoms with Crippen LogP contribution in [0.25, 0.3) is 0 Å². The van der Waals surface area contributed by atoms with E-state index in [2.05, 4.69) is 19.2 Å². The molecule has 0 aliphatic heterocycles. The second-order valence-corrected chi connectivity index (χ2v) is 7.94. The zero-order valence-corrected chi connectivity index (χ0v) is 15.0. The first kappa shape index (κ1) is 16.8. The van der Waals surface area contributed by atoms with Crippen LogP contribution in [-0.2, 0) is 4.74 Å². The van der Waals surface area contributed by atoms with Gasteiger partial charge in [-0.3, -0.25) is 4.79 Å². The molecule has 1 N–H and O–H groups in total. The molecule has 2 bridgehead atoms. The minimum absolute atomic E-state index is 0.0167. The second-order valence-electron chi connectivity index (χ2n) is 7.51. The minimum Gasteiger partial charge on any atom is -0.378 e. The number of hydrogen-bond donors (Lipinski definition) is 1. The molecule has 0 radical (unpaired) electrons. The van der Waals surface area contributed by atoms with E-state index >= 15 is 0 Å². The predicted octanol–water partition coefficient (Wildman–Crippen LogP) is 4.69. The number of rotatable bonds is 4. The van der Waals surface area contributed by atoms with Crippen LogP contribution >= 0.6 is 11.6 Å². The fourth-order valence-corrected chi connectivity index (χ4v) is 4.35. The van der Waals surface area contributed by atoms with Gasteiger partial charge in [-0.25, -0.2) is 0 Å². The normalized spacial score (nSPS) is 29.8. The summed E-state index contributed by atoms with van der Waals surface area (Å²) in [6, 6.07) is 5.63. The highest BCUT2D eigenvalue weighted by molar-refractivity contribution is 6.31. The van der Waals surface area contributed by atoms with E-state index in [-0.39, 0.29) is 17.0 Å². The highest BCUT2D eigenvalue weighted by atomic mass is 35.5. The molecule has 4 rings (SSSR count). The van der Waals surface area contributed by atoms with Gasteiger partial charge in [0.25, 0.3) is 5.91 Å². The third kappa shape index (κ3) is 3.14. The topological polar surface area (TPSA) is 38.3 Å². The molecule has 4 heteroatoms. The molecule has 0 spiro atoms. The van der Waals surface area contributed by atoms with Crippen molar-refractivity contribution in [3.05, 3.63) is 34.3 Å². The molecule has 0 heterocycles. The number of methoxy groups -OCH3 is 1. The molecule has 1 aromatic rings. The molecule has 23 heavy (non-hydrogen) atoms. The van der Waals surface area contributed by atoms with Crippen molar-refractivity contribution in [1.82, 2.24) is 5.32 Å². The fourth-order valence-electron chi connectivity index (χ4n) is 4.18. The van der Waals surface area contributed by atoms with Gasteiger partial charge in [-0.2, -0.15) is 0 Å². The average molecular weight is 336 g/mol. The Kier molecular flexibility index (Phi) is 4.45. The summed E-state index contributed by atoms with van der Waals surface area (Å²) in [6.07, 6.45) is 6.13. The number of fused-ring (bicyclic) bond motifs is 3. The van der Waals surface area contributed by atoms with Crippen molar-refractivity contribution in [2.24, 2.45) is 0 Å². The molecule has 0 atom stereocenters. The smallest absolute Gasteiger partial charge is 0.252 e. The Morgan fingerprint density at radius 1 is 1.17 bits per heavy atom. The molecule has 3 fully saturated rings. The molecule has 3 saturated carbocycles. The summed E-state index contributed by atoms with van der Waals surface area (Å²) in [5.74, 6) is 0.312. The van der Waals surface area contributed by atoms with Gasteiger partial charge in [0.15, 0.2) is 0 Å². The number of halogens is 1. The lowest BCUT2D eigenvalue weighted by Crippen LogP contribution is -2.59. The van der Waals surface area contributed by atoms with Crippen molar-refractivity contribution in [3.8, 4) is 0 Å². The van der Waals surface area contributed by atoms with Crippen molar-refractivity contribution in [3.63, 3.8) is 0 Å². The van der Waals surface area contributed by atoms with E-state index in [9.17, 15) is 4.79 Å². The van der Waals surface area contributed by atoms with Crippen molar-refractivity contribution >= 4 is 17.5 Å². The molecule has 0 saturated heterocycles. The van der Waals surface area contributed by atoms with Gasteiger partial charge < -0.3 is 10.1 Å². The largest absolute Gasteiger partial charge is 0.378 e. The van der Waals surface area contributed by atoms with Crippen LogP contribution in [-0.4, -0.2) is 24.2 Å². The number of ether oxygens (including phenoxy) is 1. The molecule has 3 aliphatic carbocycles. The van der Waals surface area contributed by atoms with Crippen LogP contribution in [0.2, 0.25) is 5.02 Å². The first-order valence-corrected chi connectivity index (χ1v) is 8.94. The monoisotopic (exact) mass is 335 g/mol. The summed E-state index contributed by atoms with van der Waals surface area (Å²) < 4.78 is 5.74. The maximum atomic E-state index is 12.9. The number of carbonyl (C=O) groups excluding carboxylic acids is 1. The van der Waals surface area contributed by atoms with Crippen molar-refractivity contribution in [2.75, 3.05) is 7.11 Å². The van der Waals surface area contributed by atoms with Crippen LogP contribution in [0.3, 0.4) is 0 Å². The lowest BCUT2D eigenvalue weighted by Gasteiger charge is -2.52. The highest BCUT2D eigenvalue weighted by Crippen LogP contribution is 2.48. The summed E-state index contributed by atoms with van der Waals surface area (Å²) in [7, 11) is 1.82. The highest BCUT2D eigenvalue weighted by Gasteiger charge is 2.49. The molecular formula is C19H26ClNO2. The lowest BCUT2D eigenvalue weighted by molar-refractivity contribution is -0.0982. The van der Waals surface area contributed by atoms with E-state index in [4.69, 9.17) is 16.3 Å². The van der Waals surface area contributed by atoms with E-state index in [1.165, 1.54) is 0 Å². The van der Waals surface area contributed by atoms with Crippen LogP contribution < -0.4 is 5.32 Å². The molecule has 1 amide bonds. The Morgan fingerprint density at radius 2 is 1.78 bits per heavy atom. The van der Waals surface area contributed by atoms with Crippen molar-refractivity contribution in [1.29, 1.82) is 0 Å². The number of carbonyl (C=O) groups is 1. The predicted molar refractivity (Wildman–Crippen MR) is 93.2 cm³/mol. The summed E-state index contributed by atoms with van der Waals surface area (Å²) >= 11 is 6.13. The van der Waals surface area contributed by atoms with Crippen LogP contribution in [0.5, 0.6) is 0 Å². The Bertz CT molecular complexity index is 587. The first-order chi connectivity index (χ1) is 10.9. The Hall–Kier alpha value is -1.06. The quantitative estimate of drug-likeness (QED) is 0.867. The molecule has 1 aromatic carbocycles. The lowest BCUT2D eigenvalue weighted by atomic mass is 9.63. The SMILES string of the molecule is COC12CCC(NC(=O)c3cc(Cl)ccc3C(C)C)(CC1)CC2. The Morgan fingerprint density at radius 3 is 2.30 bits per heavy atom. The molecule has 0 aromatic heterocycles. The van der Waals surface area contributed by atoms with Gasteiger partial charge in [0.1, 0.15) is 0 Å². The minimum atomic E-state index is -0.0616. The number of nitrogens with one attached hydrogen (secondary N) is 1. The first-order valence-electron chi connectivity index (χ1n) is 8.56. The zero-order chi connectivity index (χ0) is 16.7. The Balaban J connectivity index is 1.79.